The summed E-state index contributed by atoms with van der Waals surface area (Å²) in [5.74, 6) is 0.101. The average Bonchev–Trinajstić information content (AvgIpc) is 2.94. The third kappa shape index (κ3) is 7.23. The molecule has 3 amide bonds. The summed E-state index contributed by atoms with van der Waals surface area (Å²) in [5, 5.41) is 2.98. The predicted octanol–water partition coefficient (Wildman–Crippen LogP) is 6.41. The number of amides is 3. The summed E-state index contributed by atoms with van der Waals surface area (Å²) in [6.07, 6.45) is 1.14. The molecule has 1 aliphatic rings. The van der Waals surface area contributed by atoms with Gasteiger partial charge in [0.1, 0.15) is 0 Å². The van der Waals surface area contributed by atoms with Gasteiger partial charge in [0.05, 0.1) is 6.04 Å². The van der Waals surface area contributed by atoms with Crippen LogP contribution in [0.15, 0.2) is 89.4 Å². The van der Waals surface area contributed by atoms with Crippen LogP contribution in [0.2, 0.25) is 0 Å². The predicted molar refractivity (Wildman–Crippen MR) is 157 cm³/mol. The van der Waals surface area contributed by atoms with E-state index in [2.05, 4.69) is 81.6 Å². The van der Waals surface area contributed by atoms with E-state index in [1.807, 2.05) is 48.2 Å². The first-order valence-electron chi connectivity index (χ1n) is 13.4. The molecule has 7 heteroatoms. The number of nitrogens with zero attached hydrogens (tertiary/aromatic N) is 3. The molecule has 1 saturated heterocycles. The molecule has 200 valence electrons. The van der Waals surface area contributed by atoms with Crippen LogP contribution < -0.4 is 5.32 Å². The Bertz CT molecular complexity index is 1140. The van der Waals surface area contributed by atoms with Gasteiger partial charge in [0, 0.05) is 55.3 Å². The van der Waals surface area contributed by atoms with Gasteiger partial charge in [0.15, 0.2) is 0 Å². The smallest absolute Gasteiger partial charge is 0.322 e. The summed E-state index contributed by atoms with van der Waals surface area (Å²) in [4.78, 5) is 32.5. The lowest BCUT2D eigenvalue weighted by atomic mass is 9.96. The molecule has 6 nitrogen and oxygen atoms in total. The number of anilines is 1. The van der Waals surface area contributed by atoms with E-state index in [0.29, 0.717) is 26.1 Å². The van der Waals surface area contributed by atoms with Crippen LogP contribution >= 0.6 is 15.9 Å². The van der Waals surface area contributed by atoms with E-state index in [-0.39, 0.29) is 24.0 Å². The van der Waals surface area contributed by atoms with Crippen molar-refractivity contribution in [2.45, 2.75) is 38.8 Å². The van der Waals surface area contributed by atoms with E-state index in [1.165, 1.54) is 11.1 Å². The van der Waals surface area contributed by atoms with Crippen molar-refractivity contribution < 1.29 is 9.59 Å². The summed E-state index contributed by atoms with van der Waals surface area (Å²) >= 11 is 3.45. The van der Waals surface area contributed by atoms with Crippen molar-refractivity contribution in [1.29, 1.82) is 0 Å². The fourth-order valence-corrected chi connectivity index (χ4v) is 5.39. The summed E-state index contributed by atoms with van der Waals surface area (Å²) < 4.78 is 0.904. The minimum Gasteiger partial charge on any atom is -0.340 e. The molecule has 1 unspecified atom stereocenters. The molecule has 38 heavy (non-hydrogen) atoms. The molecule has 3 aromatic rings. The molecule has 1 atom stereocenters. The van der Waals surface area contributed by atoms with Gasteiger partial charge < -0.3 is 15.1 Å². The number of hydrogen-bond donors (Lipinski definition) is 1. The highest BCUT2D eigenvalue weighted by Crippen LogP contribution is 2.29. The van der Waals surface area contributed by atoms with E-state index < -0.39 is 0 Å². The van der Waals surface area contributed by atoms with E-state index in [4.69, 9.17) is 0 Å². The number of halogens is 1. The molecule has 4 rings (SSSR count). The van der Waals surface area contributed by atoms with Crippen LogP contribution in [-0.2, 0) is 4.79 Å². The first-order chi connectivity index (χ1) is 18.5. The first kappa shape index (κ1) is 27.9. The molecule has 0 saturated carbocycles. The lowest BCUT2D eigenvalue weighted by Crippen LogP contribution is -2.50. The van der Waals surface area contributed by atoms with Gasteiger partial charge >= 0.3 is 6.03 Å². The Hall–Kier alpha value is -3.16. The average molecular weight is 578 g/mol. The van der Waals surface area contributed by atoms with Crippen LogP contribution in [0.25, 0.3) is 0 Å². The normalized spacial score (nSPS) is 14.8. The zero-order valence-electron chi connectivity index (χ0n) is 22.2. The second kappa shape index (κ2) is 13.6. The molecule has 1 heterocycles. The van der Waals surface area contributed by atoms with Gasteiger partial charge in [-0.25, -0.2) is 4.79 Å². The monoisotopic (exact) mass is 576 g/mol. The van der Waals surface area contributed by atoms with Crippen molar-refractivity contribution >= 4 is 33.6 Å². The minimum absolute atomic E-state index is 0.0318. The minimum atomic E-state index is -0.177. The summed E-state index contributed by atoms with van der Waals surface area (Å²) in [7, 11) is 0. The van der Waals surface area contributed by atoms with E-state index in [9.17, 15) is 9.59 Å². The second-order valence-corrected chi connectivity index (χ2v) is 10.7. The Labute approximate surface area is 234 Å². The van der Waals surface area contributed by atoms with Crippen LogP contribution in [0.4, 0.5) is 10.5 Å². The number of carbonyl (C=O) groups is 2. The topological polar surface area (TPSA) is 55.9 Å². The highest BCUT2D eigenvalue weighted by Gasteiger charge is 2.29. The van der Waals surface area contributed by atoms with Crippen molar-refractivity contribution in [3.8, 4) is 0 Å². The Balaban J connectivity index is 1.35. The van der Waals surface area contributed by atoms with E-state index in [1.54, 1.807) is 4.90 Å². The van der Waals surface area contributed by atoms with Gasteiger partial charge in [0.25, 0.3) is 0 Å². The third-order valence-corrected chi connectivity index (χ3v) is 7.78. The van der Waals surface area contributed by atoms with Gasteiger partial charge in [-0.1, -0.05) is 89.6 Å². The SMILES string of the molecule is CCC(C)N(CCC(=O)N1CCN(C(c2ccccc2)c2ccccc2)CC1)C(=O)Nc1cccc(Br)c1. The number of benzene rings is 3. The van der Waals surface area contributed by atoms with Crippen LogP contribution in [-0.4, -0.2) is 65.4 Å². The molecule has 0 aliphatic carbocycles. The van der Waals surface area contributed by atoms with Gasteiger partial charge in [-0.2, -0.15) is 0 Å². The third-order valence-electron chi connectivity index (χ3n) is 7.29. The number of rotatable bonds is 9. The second-order valence-electron chi connectivity index (χ2n) is 9.78. The Morgan fingerprint density at radius 1 is 0.895 bits per heavy atom. The molecular weight excluding hydrogens is 540 g/mol. The number of hydrogen-bond acceptors (Lipinski definition) is 3. The van der Waals surface area contributed by atoms with Crippen molar-refractivity contribution in [3.05, 3.63) is 101 Å². The maximum Gasteiger partial charge on any atom is 0.322 e. The zero-order valence-corrected chi connectivity index (χ0v) is 23.8. The molecule has 1 aliphatic heterocycles. The number of nitrogens with one attached hydrogen (secondary N) is 1. The van der Waals surface area contributed by atoms with Crippen molar-refractivity contribution in [2.24, 2.45) is 0 Å². The molecular formula is C31H37BrN4O2. The maximum atomic E-state index is 13.2. The van der Waals surface area contributed by atoms with Crippen molar-refractivity contribution in [3.63, 3.8) is 0 Å². The molecule has 1 fully saturated rings. The highest BCUT2D eigenvalue weighted by molar-refractivity contribution is 9.10. The van der Waals surface area contributed by atoms with Crippen molar-refractivity contribution in [2.75, 3.05) is 38.0 Å². The Kier molecular flexibility index (Phi) is 9.96. The van der Waals surface area contributed by atoms with Gasteiger partial charge in [-0.05, 0) is 42.7 Å². The number of urea groups is 1. The van der Waals surface area contributed by atoms with Crippen molar-refractivity contribution in [1.82, 2.24) is 14.7 Å². The zero-order chi connectivity index (χ0) is 26.9. The molecule has 0 aromatic heterocycles. The summed E-state index contributed by atoms with van der Waals surface area (Å²) in [6, 6.07) is 28.7. The van der Waals surface area contributed by atoms with Gasteiger partial charge in [0.2, 0.25) is 5.91 Å². The van der Waals surface area contributed by atoms with Gasteiger partial charge in [-0.3, -0.25) is 9.69 Å². The van der Waals surface area contributed by atoms with Crippen LogP contribution in [0.1, 0.15) is 43.9 Å². The summed E-state index contributed by atoms with van der Waals surface area (Å²) in [6.45, 7) is 7.45. The van der Waals surface area contributed by atoms with Crippen LogP contribution in [0, 0.1) is 0 Å². The largest absolute Gasteiger partial charge is 0.340 e. The molecule has 0 bridgehead atoms. The Morgan fingerprint density at radius 2 is 1.50 bits per heavy atom. The molecule has 1 N–H and O–H groups in total. The fourth-order valence-electron chi connectivity index (χ4n) is 4.99. The van der Waals surface area contributed by atoms with E-state index >= 15 is 0 Å². The Morgan fingerprint density at radius 3 is 2.05 bits per heavy atom. The molecule has 3 aromatic carbocycles. The number of carbonyl (C=O) groups excluding carboxylic acids is 2. The van der Waals surface area contributed by atoms with Crippen LogP contribution in [0.5, 0.6) is 0 Å². The lowest BCUT2D eigenvalue weighted by molar-refractivity contribution is -0.133. The molecule has 0 radical (unpaired) electrons. The van der Waals surface area contributed by atoms with E-state index in [0.717, 1.165) is 29.7 Å². The standard InChI is InChI=1S/C31H37BrN4O2/c1-3-24(2)36(31(38)33-28-16-10-15-27(32)23-28)18-17-29(37)34-19-21-35(22-20-34)30(25-11-6-4-7-12-25)26-13-8-5-9-14-26/h4-16,23-24,30H,3,17-22H2,1-2H3,(H,33,38). The number of piperazine rings is 1. The lowest BCUT2D eigenvalue weighted by Gasteiger charge is -2.40. The summed E-state index contributed by atoms with van der Waals surface area (Å²) in [5.41, 5.74) is 3.25. The first-order valence-corrected chi connectivity index (χ1v) is 14.2. The quantitative estimate of drug-likeness (QED) is 0.320. The van der Waals surface area contributed by atoms with Crippen LogP contribution in [0.3, 0.4) is 0 Å². The maximum absolute atomic E-state index is 13.2. The van der Waals surface area contributed by atoms with Gasteiger partial charge in [-0.15, -0.1) is 0 Å². The molecule has 0 spiro atoms. The highest BCUT2D eigenvalue weighted by atomic mass is 79.9. The fraction of sp³-hybridized carbons (Fsp3) is 0.355.